The lowest BCUT2D eigenvalue weighted by atomic mass is 9.98. The van der Waals surface area contributed by atoms with Gasteiger partial charge in [0, 0.05) is 23.0 Å². The average Bonchev–Trinajstić information content (AvgIpc) is 2.74. The minimum Gasteiger partial charge on any atom is -0.376 e. The van der Waals surface area contributed by atoms with Gasteiger partial charge in [0.2, 0.25) is 5.95 Å². The summed E-state index contributed by atoms with van der Waals surface area (Å²) in [6, 6.07) is 16.0. The highest BCUT2D eigenvalue weighted by Crippen LogP contribution is 2.36. The molecule has 0 aliphatic carbocycles. The molecular weight excluding hydrogens is 435 g/mol. The second-order valence-corrected chi connectivity index (χ2v) is 7.64. The first kappa shape index (κ1) is 21.5. The van der Waals surface area contributed by atoms with Crippen LogP contribution in [0.25, 0.3) is 22.0 Å². The first-order chi connectivity index (χ1) is 15.1. The molecule has 0 aliphatic heterocycles. The number of rotatable bonds is 3. The number of alkyl halides is 3. The van der Waals surface area contributed by atoms with Crippen molar-refractivity contribution in [3.8, 4) is 11.1 Å². The largest absolute Gasteiger partial charge is 0.416 e. The zero-order valence-corrected chi connectivity index (χ0v) is 17.7. The van der Waals surface area contributed by atoms with Crippen LogP contribution in [-0.2, 0) is 6.18 Å². The number of nitrogens with two attached hydrogens (primary N) is 2. The van der Waals surface area contributed by atoms with Crippen LogP contribution in [0.5, 0.6) is 0 Å². The fourth-order valence-electron chi connectivity index (χ4n) is 3.50. The smallest absolute Gasteiger partial charge is 0.376 e. The minimum absolute atomic E-state index is 0.0680. The van der Waals surface area contributed by atoms with Crippen molar-refractivity contribution in [2.75, 3.05) is 10.6 Å². The number of halogens is 3. The second-order valence-electron chi connectivity index (χ2n) is 7.22. The third kappa shape index (κ3) is 4.19. The van der Waals surface area contributed by atoms with Crippen molar-refractivity contribution >= 4 is 45.6 Å². The topological polar surface area (TPSA) is 81.1 Å². The van der Waals surface area contributed by atoms with Crippen molar-refractivity contribution in [3.05, 3.63) is 78.0 Å². The molecule has 4 aromatic rings. The summed E-state index contributed by atoms with van der Waals surface area (Å²) in [7, 11) is 0. The standard InChI is InChI=1S/C23H18F3N5S/c1-13-5-7-18(31(22(28)32)17-4-2-3-16(10-17)23(24,25)26)11-19(13)14-6-8-20-15(9-14)12-29-21(27)30-20/h2-12H,1H3,(H2,28,32)(H2,27,29,30). The Morgan fingerprint density at radius 2 is 1.75 bits per heavy atom. The number of nitrogen functional groups attached to an aromatic ring is 1. The van der Waals surface area contributed by atoms with Gasteiger partial charge in [0.15, 0.2) is 5.11 Å². The van der Waals surface area contributed by atoms with Gasteiger partial charge in [0.1, 0.15) is 0 Å². The minimum atomic E-state index is -4.48. The molecule has 32 heavy (non-hydrogen) atoms. The number of hydrogen-bond acceptors (Lipinski definition) is 4. The lowest BCUT2D eigenvalue weighted by molar-refractivity contribution is -0.137. The molecule has 0 aliphatic rings. The van der Waals surface area contributed by atoms with E-state index in [-0.39, 0.29) is 16.7 Å². The van der Waals surface area contributed by atoms with E-state index in [1.165, 1.54) is 17.0 Å². The highest BCUT2D eigenvalue weighted by Gasteiger charge is 2.31. The first-order valence-corrected chi connectivity index (χ1v) is 9.94. The fourth-order valence-corrected chi connectivity index (χ4v) is 3.71. The number of nitrogens with zero attached hydrogens (tertiary/aromatic N) is 3. The molecule has 4 N–H and O–H groups in total. The summed E-state index contributed by atoms with van der Waals surface area (Å²) in [6.07, 6.45) is -2.84. The molecule has 0 saturated heterocycles. The van der Waals surface area contributed by atoms with Gasteiger partial charge in [-0.1, -0.05) is 18.2 Å². The number of aryl methyl sites for hydroxylation is 1. The van der Waals surface area contributed by atoms with E-state index in [9.17, 15) is 13.2 Å². The Morgan fingerprint density at radius 1 is 1.00 bits per heavy atom. The van der Waals surface area contributed by atoms with E-state index in [1.54, 1.807) is 12.3 Å². The van der Waals surface area contributed by atoms with Crippen LogP contribution in [0.15, 0.2) is 66.9 Å². The maximum Gasteiger partial charge on any atom is 0.416 e. The third-order valence-electron chi connectivity index (χ3n) is 5.04. The van der Waals surface area contributed by atoms with Crippen LogP contribution >= 0.6 is 12.2 Å². The van der Waals surface area contributed by atoms with Gasteiger partial charge in [-0.15, -0.1) is 0 Å². The van der Waals surface area contributed by atoms with E-state index in [2.05, 4.69) is 9.97 Å². The monoisotopic (exact) mass is 453 g/mol. The second kappa shape index (κ2) is 8.08. The molecule has 9 heteroatoms. The van der Waals surface area contributed by atoms with Crippen molar-refractivity contribution in [2.45, 2.75) is 13.1 Å². The van der Waals surface area contributed by atoms with Crippen molar-refractivity contribution in [1.29, 1.82) is 0 Å². The summed E-state index contributed by atoms with van der Waals surface area (Å²) in [4.78, 5) is 9.65. The van der Waals surface area contributed by atoms with Gasteiger partial charge in [-0.3, -0.25) is 4.90 Å². The maximum absolute atomic E-state index is 13.2. The van der Waals surface area contributed by atoms with Crippen molar-refractivity contribution < 1.29 is 13.2 Å². The number of thiocarbonyl (C=S) groups is 1. The Morgan fingerprint density at radius 3 is 2.47 bits per heavy atom. The Kier molecular flexibility index (Phi) is 5.43. The van der Waals surface area contributed by atoms with E-state index in [1.807, 2.05) is 37.3 Å². The summed E-state index contributed by atoms with van der Waals surface area (Å²) < 4.78 is 39.7. The molecule has 0 atom stereocenters. The third-order valence-corrected chi connectivity index (χ3v) is 5.22. The SMILES string of the molecule is Cc1ccc(N(C(N)=S)c2cccc(C(F)(F)F)c2)cc1-c1ccc2nc(N)ncc2c1. The Labute approximate surface area is 187 Å². The maximum atomic E-state index is 13.2. The van der Waals surface area contributed by atoms with Crippen LogP contribution in [0.4, 0.5) is 30.5 Å². The van der Waals surface area contributed by atoms with Gasteiger partial charge in [-0.05, 0) is 78.3 Å². The Bertz CT molecular complexity index is 1340. The van der Waals surface area contributed by atoms with Crippen LogP contribution in [0, 0.1) is 6.92 Å². The zero-order valence-electron chi connectivity index (χ0n) is 16.9. The molecule has 5 nitrogen and oxygen atoms in total. The molecule has 0 radical (unpaired) electrons. The van der Waals surface area contributed by atoms with Crippen LogP contribution in [0.2, 0.25) is 0 Å². The van der Waals surface area contributed by atoms with Crippen LogP contribution < -0.4 is 16.4 Å². The lowest BCUT2D eigenvalue weighted by Gasteiger charge is -2.25. The summed E-state index contributed by atoms with van der Waals surface area (Å²) in [5.41, 5.74) is 15.0. The van der Waals surface area contributed by atoms with E-state index in [0.717, 1.165) is 34.2 Å². The van der Waals surface area contributed by atoms with E-state index >= 15 is 0 Å². The van der Waals surface area contributed by atoms with Gasteiger partial charge in [-0.25, -0.2) is 9.97 Å². The quantitative estimate of drug-likeness (QED) is 0.394. The van der Waals surface area contributed by atoms with Crippen molar-refractivity contribution in [3.63, 3.8) is 0 Å². The molecule has 0 spiro atoms. The summed E-state index contributed by atoms with van der Waals surface area (Å²) in [5, 5.41) is 0.743. The highest BCUT2D eigenvalue weighted by atomic mass is 32.1. The zero-order chi connectivity index (χ0) is 23.0. The summed E-state index contributed by atoms with van der Waals surface area (Å²) >= 11 is 5.18. The Balaban J connectivity index is 1.82. The van der Waals surface area contributed by atoms with Gasteiger partial charge >= 0.3 is 6.18 Å². The molecular formula is C23H18F3N5S. The molecule has 3 aromatic carbocycles. The van der Waals surface area contributed by atoms with Gasteiger partial charge < -0.3 is 11.5 Å². The molecule has 0 bridgehead atoms. The summed E-state index contributed by atoms with van der Waals surface area (Å²) in [6.45, 7) is 1.94. The fraction of sp³-hybridized carbons (Fsp3) is 0.0870. The summed E-state index contributed by atoms with van der Waals surface area (Å²) in [5.74, 6) is 0.191. The van der Waals surface area contributed by atoms with E-state index < -0.39 is 11.7 Å². The van der Waals surface area contributed by atoms with Crippen molar-refractivity contribution in [1.82, 2.24) is 9.97 Å². The number of fused-ring (bicyclic) bond motifs is 1. The van der Waals surface area contributed by atoms with Gasteiger partial charge in [0.25, 0.3) is 0 Å². The molecule has 0 saturated carbocycles. The van der Waals surface area contributed by atoms with Crippen LogP contribution in [0.1, 0.15) is 11.1 Å². The number of benzene rings is 3. The first-order valence-electron chi connectivity index (χ1n) is 9.53. The predicted molar refractivity (Wildman–Crippen MR) is 124 cm³/mol. The highest BCUT2D eigenvalue weighted by molar-refractivity contribution is 7.80. The van der Waals surface area contributed by atoms with Gasteiger partial charge in [-0.2, -0.15) is 13.2 Å². The number of anilines is 3. The number of hydrogen-bond donors (Lipinski definition) is 2. The molecule has 162 valence electrons. The average molecular weight is 453 g/mol. The normalized spacial score (nSPS) is 11.5. The van der Waals surface area contributed by atoms with Crippen LogP contribution in [0.3, 0.4) is 0 Å². The van der Waals surface area contributed by atoms with Crippen LogP contribution in [-0.4, -0.2) is 15.1 Å². The van der Waals surface area contributed by atoms with Crippen molar-refractivity contribution in [2.24, 2.45) is 5.73 Å². The van der Waals surface area contributed by atoms with E-state index in [0.29, 0.717) is 11.2 Å². The molecule has 4 rings (SSSR count). The lowest BCUT2D eigenvalue weighted by Crippen LogP contribution is -2.31. The van der Waals surface area contributed by atoms with E-state index in [4.69, 9.17) is 23.7 Å². The molecule has 1 heterocycles. The predicted octanol–water partition coefficient (Wildman–Crippen LogP) is 5.59. The molecule has 0 amide bonds. The number of aromatic nitrogens is 2. The molecule has 0 unspecified atom stereocenters. The molecule has 1 aromatic heterocycles. The van der Waals surface area contributed by atoms with Gasteiger partial charge in [0.05, 0.1) is 11.1 Å². The molecule has 0 fully saturated rings. The Hall–Kier alpha value is -3.72.